The van der Waals surface area contributed by atoms with Gasteiger partial charge in [-0.1, -0.05) is 6.07 Å². The van der Waals surface area contributed by atoms with Crippen molar-refractivity contribution < 1.29 is 22.6 Å². The van der Waals surface area contributed by atoms with Crippen LogP contribution in [0.3, 0.4) is 0 Å². The number of methoxy groups -OCH3 is 1. The van der Waals surface area contributed by atoms with Crippen molar-refractivity contribution in [3.63, 3.8) is 0 Å². The van der Waals surface area contributed by atoms with Gasteiger partial charge in [-0.05, 0) is 26.0 Å². The molecule has 160 valence electrons. The highest BCUT2D eigenvalue weighted by molar-refractivity contribution is 7.09. The number of nitrogens with one attached hydrogen (secondary N) is 1. The Kier molecular flexibility index (Phi) is 8.71. The van der Waals surface area contributed by atoms with E-state index >= 15 is 0 Å². The quantitative estimate of drug-likeness (QED) is 0.478. The molecule has 1 heterocycles. The van der Waals surface area contributed by atoms with Gasteiger partial charge >= 0.3 is 6.61 Å². The molecule has 0 amide bonds. The summed E-state index contributed by atoms with van der Waals surface area (Å²) >= 11 is 1.51. The second-order valence-corrected chi connectivity index (χ2v) is 7.07. The van der Waals surface area contributed by atoms with Gasteiger partial charge in [0.05, 0.1) is 24.3 Å². The topological polar surface area (TPSA) is 59.0 Å². The third-order valence-electron chi connectivity index (χ3n) is 4.05. The highest BCUT2D eigenvalue weighted by Gasteiger charge is 2.16. The molecule has 1 unspecified atom stereocenters. The third-order valence-corrected chi connectivity index (χ3v) is 5.10. The zero-order chi connectivity index (χ0) is 21.4. The van der Waals surface area contributed by atoms with Crippen molar-refractivity contribution in [3.05, 3.63) is 45.7 Å². The van der Waals surface area contributed by atoms with E-state index in [0.29, 0.717) is 19.0 Å². The van der Waals surface area contributed by atoms with Crippen LogP contribution in [-0.2, 0) is 17.8 Å². The fourth-order valence-electron chi connectivity index (χ4n) is 2.52. The summed E-state index contributed by atoms with van der Waals surface area (Å²) in [5.41, 5.74) is 0.816. The number of ether oxygens (including phenoxy) is 2. The van der Waals surface area contributed by atoms with Crippen molar-refractivity contribution in [2.24, 2.45) is 4.99 Å². The molecule has 2 rings (SSSR count). The van der Waals surface area contributed by atoms with Gasteiger partial charge in [-0.15, -0.1) is 11.3 Å². The second kappa shape index (κ2) is 11.0. The molecular formula is C19H25F3N4O2S. The number of hydrogen-bond acceptors (Lipinski definition) is 5. The Morgan fingerprint density at radius 1 is 1.38 bits per heavy atom. The fraction of sp³-hybridized carbons (Fsp3) is 0.474. The Morgan fingerprint density at radius 2 is 2.14 bits per heavy atom. The maximum absolute atomic E-state index is 14.1. The summed E-state index contributed by atoms with van der Waals surface area (Å²) < 4.78 is 49.0. The standard InChI is InChI=1S/C19H25F3N4O2S/c1-5-23-19(26(3)10-13-11-29-17(25-13)12(2)27-4)24-9-14-15(20)7-6-8-16(14)28-18(21)22/h6-8,11-12,18H,5,9-10H2,1-4H3,(H,23,24). The number of alkyl halides is 2. The van der Waals surface area contributed by atoms with Crippen LogP contribution in [0.4, 0.5) is 13.2 Å². The van der Waals surface area contributed by atoms with E-state index in [2.05, 4.69) is 20.0 Å². The molecular weight excluding hydrogens is 405 g/mol. The lowest BCUT2D eigenvalue weighted by molar-refractivity contribution is -0.0506. The predicted octanol–water partition coefficient (Wildman–Crippen LogP) is 4.19. The SMILES string of the molecule is CCNC(=NCc1c(F)cccc1OC(F)F)N(C)Cc1csc(C(C)OC)n1. The average molecular weight is 430 g/mol. The van der Waals surface area contributed by atoms with Crippen molar-refractivity contribution in [3.8, 4) is 5.75 Å². The largest absolute Gasteiger partial charge is 0.434 e. The predicted molar refractivity (Wildman–Crippen MR) is 107 cm³/mol. The Hall–Kier alpha value is -2.33. The molecule has 6 nitrogen and oxygen atoms in total. The van der Waals surface area contributed by atoms with Gasteiger partial charge in [0, 0.05) is 26.1 Å². The van der Waals surface area contributed by atoms with E-state index in [0.717, 1.165) is 10.7 Å². The smallest absolute Gasteiger partial charge is 0.387 e. The molecule has 0 spiro atoms. The van der Waals surface area contributed by atoms with Crippen LogP contribution in [-0.4, -0.2) is 43.2 Å². The lowest BCUT2D eigenvalue weighted by Gasteiger charge is -2.21. The van der Waals surface area contributed by atoms with E-state index < -0.39 is 12.4 Å². The molecule has 10 heteroatoms. The Bertz CT molecular complexity index is 817. The zero-order valence-electron chi connectivity index (χ0n) is 16.8. The van der Waals surface area contributed by atoms with Crippen molar-refractivity contribution in [2.75, 3.05) is 20.7 Å². The first kappa shape index (κ1) is 23.0. The van der Waals surface area contributed by atoms with E-state index in [9.17, 15) is 13.2 Å². The molecule has 0 aliphatic heterocycles. The van der Waals surface area contributed by atoms with E-state index in [4.69, 9.17) is 4.74 Å². The minimum absolute atomic E-state index is 0.0264. The normalized spacial score (nSPS) is 12.9. The number of guanidine groups is 1. The number of halogens is 3. The van der Waals surface area contributed by atoms with Gasteiger partial charge in [0.15, 0.2) is 5.96 Å². The number of nitrogens with zero attached hydrogens (tertiary/aromatic N) is 3. The van der Waals surface area contributed by atoms with Gasteiger partial charge in [0.1, 0.15) is 22.7 Å². The van der Waals surface area contributed by atoms with E-state index in [1.165, 1.54) is 29.5 Å². The van der Waals surface area contributed by atoms with Crippen LogP contribution in [0.15, 0.2) is 28.6 Å². The number of rotatable bonds is 9. The van der Waals surface area contributed by atoms with Crippen molar-refractivity contribution in [1.82, 2.24) is 15.2 Å². The van der Waals surface area contributed by atoms with Gasteiger partial charge in [0.25, 0.3) is 0 Å². The molecule has 0 fully saturated rings. The molecule has 0 saturated heterocycles. The monoisotopic (exact) mass is 430 g/mol. The molecule has 1 aromatic carbocycles. The first-order valence-corrected chi connectivity index (χ1v) is 9.92. The van der Waals surface area contributed by atoms with E-state index in [-0.39, 0.29) is 24.0 Å². The maximum atomic E-state index is 14.1. The molecule has 0 aliphatic rings. The molecule has 29 heavy (non-hydrogen) atoms. The van der Waals surface area contributed by atoms with Crippen LogP contribution in [0, 0.1) is 5.82 Å². The Labute approximate surface area is 172 Å². The van der Waals surface area contributed by atoms with Crippen LogP contribution in [0.2, 0.25) is 0 Å². The van der Waals surface area contributed by atoms with Gasteiger partial charge < -0.3 is 19.7 Å². The van der Waals surface area contributed by atoms with Crippen LogP contribution in [0.5, 0.6) is 5.75 Å². The van der Waals surface area contributed by atoms with Crippen LogP contribution >= 0.6 is 11.3 Å². The summed E-state index contributed by atoms with van der Waals surface area (Å²) in [5, 5.41) is 5.92. The molecule has 1 aromatic heterocycles. The molecule has 0 saturated carbocycles. The minimum Gasteiger partial charge on any atom is -0.434 e. The number of benzene rings is 1. The first-order chi connectivity index (χ1) is 13.8. The number of aromatic nitrogens is 1. The van der Waals surface area contributed by atoms with Gasteiger partial charge in [0.2, 0.25) is 0 Å². The second-order valence-electron chi connectivity index (χ2n) is 6.18. The fourth-order valence-corrected chi connectivity index (χ4v) is 3.36. The number of aliphatic imine (C=N–C) groups is 1. The van der Waals surface area contributed by atoms with Crippen LogP contribution < -0.4 is 10.1 Å². The van der Waals surface area contributed by atoms with E-state index in [1.54, 1.807) is 7.11 Å². The summed E-state index contributed by atoms with van der Waals surface area (Å²) in [6.45, 7) is 1.69. The van der Waals surface area contributed by atoms with Gasteiger partial charge in [-0.3, -0.25) is 0 Å². The van der Waals surface area contributed by atoms with Gasteiger partial charge in [-0.2, -0.15) is 8.78 Å². The molecule has 1 N–H and O–H groups in total. The van der Waals surface area contributed by atoms with Crippen LogP contribution in [0.1, 0.15) is 36.2 Å². The van der Waals surface area contributed by atoms with Crippen molar-refractivity contribution in [2.45, 2.75) is 39.7 Å². The third kappa shape index (κ3) is 6.60. The molecule has 1 atom stereocenters. The summed E-state index contributed by atoms with van der Waals surface area (Å²) in [4.78, 5) is 10.8. The van der Waals surface area contributed by atoms with Gasteiger partial charge in [-0.25, -0.2) is 14.4 Å². The number of thiazole rings is 1. The summed E-state index contributed by atoms with van der Waals surface area (Å²) in [5.74, 6) is -0.379. The maximum Gasteiger partial charge on any atom is 0.387 e. The number of hydrogen-bond donors (Lipinski definition) is 1. The molecule has 0 bridgehead atoms. The summed E-state index contributed by atoms with van der Waals surface area (Å²) in [6.07, 6.45) is -0.0877. The van der Waals surface area contributed by atoms with Crippen molar-refractivity contribution >= 4 is 17.3 Å². The Morgan fingerprint density at radius 3 is 2.79 bits per heavy atom. The van der Waals surface area contributed by atoms with E-state index in [1.807, 2.05) is 31.2 Å². The lowest BCUT2D eigenvalue weighted by atomic mass is 10.2. The Balaban J connectivity index is 2.16. The highest BCUT2D eigenvalue weighted by atomic mass is 32.1. The molecule has 0 aliphatic carbocycles. The lowest BCUT2D eigenvalue weighted by Crippen LogP contribution is -2.38. The zero-order valence-corrected chi connectivity index (χ0v) is 17.6. The minimum atomic E-state index is -3.04. The molecule has 2 aromatic rings. The first-order valence-electron chi connectivity index (χ1n) is 9.04. The van der Waals surface area contributed by atoms with Crippen LogP contribution in [0.25, 0.3) is 0 Å². The molecule has 0 radical (unpaired) electrons. The van der Waals surface area contributed by atoms with Crippen molar-refractivity contribution in [1.29, 1.82) is 0 Å². The summed E-state index contributed by atoms with van der Waals surface area (Å²) in [7, 11) is 3.45. The average Bonchev–Trinajstić information content (AvgIpc) is 3.14. The highest BCUT2D eigenvalue weighted by Crippen LogP contribution is 2.24. The summed E-state index contributed by atoms with van der Waals surface area (Å²) in [6, 6.07) is 3.80.